The number of hydrogen-bond acceptors (Lipinski definition) is 5. The summed E-state index contributed by atoms with van der Waals surface area (Å²) < 4.78 is 27.7. The number of rotatable bonds is 8. The largest absolute Gasteiger partial charge is 0.293 e. The highest BCUT2D eigenvalue weighted by atomic mass is 32.2. The molecular formula is C23H28N2O3S. The molecule has 0 saturated carbocycles. The lowest BCUT2D eigenvalue weighted by molar-refractivity contribution is -0.0434. The SMILES string of the molecule is CC(C)(CCC(C#N)(c1ccccc1)c1ccccc1)N1CC(OS(C)(=O)=O)C1. The Morgan fingerprint density at radius 3 is 1.90 bits per heavy atom. The van der Waals surface area contributed by atoms with Crippen molar-refractivity contribution < 1.29 is 12.6 Å². The first-order valence-electron chi connectivity index (χ1n) is 9.82. The smallest absolute Gasteiger partial charge is 0.264 e. The van der Waals surface area contributed by atoms with Gasteiger partial charge in [0.05, 0.1) is 12.3 Å². The van der Waals surface area contributed by atoms with E-state index in [1.807, 2.05) is 60.7 Å². The second-order valence-electron chi connectivity index (χ2n) is 8.39. The molecule has 1 saturated heterocycles. The summed E-state index contributed by atoms with van der Waals surface area (Å²) in [6.07, 6.45) is 2.25. The van der Waals surface area contributed by atoms with E-state index in [0.29, 0.717) is 19.5 Å². The Morgan fingerprint density at radius 1 is 1.00 bits per heavy atom. The second kappa shape index (κ2) is 8.27. The van der Waals surface area contributed by atoms with Gasteiger partial charge < -0.3 is 0 Å². The van der Waals surface area contributed by atoms with Gasteiger partial charge in [0.15, 0.2) is 0 Å². The second-order valence-corrected chi connectivity index (χ2v) is 9.99. The third-order valence-electron chi connectivity index (χ3n) is 5.85. The predicted octanol–water partition coefficient (Wildman–Crippen LogP) is 3.72. The van der Waals surface area contributed by atoms with E-state index in [2.05, 4.69) is 24.8 Å². The van der Waals surface area contributed by atoms with Crippen LogP contribution in [-0.4, -0.2) is 44.3 Å². The van der Waals surface area contributed by atoms with Gasteiger partial charge in [-0.15, -0.1) is 0 Å². The third-order valence-corrected chi connectivity index (χ3v) is 6.47. The van der Waals surface area contributed by atoms with Gasteiger partial charge >= 0.3 is 0 Å². The van der Waals surface area contributed by atoms with E-state index in [0.717, 1.165) is 23.8 Å². The molecule has 6 heteroatoms. The molecule has 1 aliphatic rings. The number of hydrogen-bond donors (Lipinski definition) is 0. The summed E-state index contributed by atoms with van der Waals surface area (Å²) in [4.78, 5) is 2.22. The molecule has 0 N–H and O–H groups in total. The van der Waals surface area contributed by atoms with Gasteiger partial charge in [0, 0.05) is 18.6 Å². The molecule has 0 aliphatic carbocycles. The maximum atomic E-state index is 11.3. The van der Waals surface area contributed by atoms with E-state index in [1.165, 1.54) is 0 Å². The molecule has 154 valence electrons. The molecule has 1 aliphatic heterocycles. The van der Waals surface area contributed by atoms with Gasteiger partial charge in [-0.25, -0.2) is 0 Å². The molecule has 0 spiro atoms. The fourth-order valence-corrected chi connectivity index (χ4v) is 4.59. The fourth-order valence-electron chi connectivity index (χ4n) is 3.98. The highest BCUT2D eigenvalue weighted by Crippen LogP contribution is 2.39. The molecule has 2 aromatic carbocycles. The molecule has 2 aromatic rings. The lowest BCUT2D eigenvalue weighted by atomic mass is 9.70. The Bertz CT molecular complexity index is 921. The topological polar surface area (TPSA) is 70.4 Å². The number of likely N-dealkylation sites (tertiary alicyclic amines) is 1. The predicted molar refractivity (Wildman–Crippen MR) is 114 cm³/mol. The molecule has 5 nitrogen and oxygen atoms in total. The van der Waals surface area contributed by atoms with Crippen molar-refractivity contribution in [1.82, 2.24) is 4.90 Å². The summed E-state index contributed by atoms with van der Waals surface area (Å²) in [5.74, 6) is 0. The van der Waals surface area contributed by atoms with Gasteiger partial charge in [0.1, 0.15) is 11.5 Å². The molecule has 0 atom stereocenters. The van der Waals surface area contributed by atoms with Crippen LogP contribution in [0.3, 0.4) is 0 Å². The van der Waals surface area contributed by atoms with Crippen molar-refractivity contribution in [3.63, 3.8) is 0 Å². The van der Waals surface area contributed by atoms with Crippen LogP contribution in [0.5, 0.6) is 0 Å². The quantitative estimate of drug-likeness (QED) is 0.618. The van der Waals surface area contributed by atoms with Crippen molar-refractivity contribution >= 4 is 10.1 Å². The number of benzene rings is 2. The lowest BCUT2D eigenvalue weighted by Crippen LogP contribution is -2.61. The van der Waals surface area contributed by atoms with E-state index in [9.17, 15) is 13.7 Å². The Labute approximate surface area is 174 Å². The molecule has 0 aromatic heterocycles. The highest BCUT2D eigenvalue weighted by Gasteiger charge is 2.42. The van der Waals surface area contributed by atoms with Gasteiger partial charge in [-0.2, -0.15) is 13.7 Å². The van der Waals surface area contributed by atoms with Crippen molar-refractivity contribution in [2.24, 2.45) is 0 Å². The molecule has 0 bridgehead atoms. The van der Waals surface area contributed by atoms with Crippen LogP contribution in [0.2, 0.25) is 0 Å². The summed E-state index contributed by atoms with van der Waals surface area (Å²) in [6, 6.07) is 22.5. The number of nitriles is 1. The Hall–Kier alpha value is -2.20. The van der Waals surface area contributed by atoms with Crippen molar-refractivity contribution in [2.45, 2.75) is 43.7 Å². The first-order chi connectivity index (χ1) is 13.7. The summed E-state index contributed by atoms with van der Waals surface area (Å²) in [6.45, 7) is 5.44. The molecule has 0 unspecified atom stereocenters. The van der Waals surface area contributed by atoms with Crippen LogP contribution < -0.4 is 0 Å². The zero-order chi connectivity index (χ0) is 21.1. The van der Waals surface area contributed by atoms with Crippen LogP contribution in [-0.2, 0) is 19.7 Å². The molecule has 3 rings (SSSR count). The summed E-state index contributed by atoms with van der Waals surface area (Å²) in [7, 11) is -3.43. The van der Waals surface area contributed by atoms with Crippen molar-refractivity contribution in [3.05, 3.63) is 71.8 Å². The highest BCUT2D eigenvalue weighted by molar-refractivity contribution is 7.86. The van der Waals surface area contributed by atoms with E-state index >= 15 is 0 Å². The van der Waals surface area contributed by atoms with Gasteiger partial charge in [-0.1, -0.05) is 60.7 Å². The van der Waals surface area contributed by atoms with Crippen molar-refractivity contribution in [3.8, 4) is 6.07 Å². The molecular weight excluding hydrogens is 384 g/mol. The minimum Gasteiger partial charge on any atom is -0.293 e. The van der Waals surface area contributed by atoms with Crippen LogP contribution in [0, 0.1) is 11.3 Å². The van der Waals surface area contributed by atoms with Crippen LogP contribution in [0.4, 0.5) is 0 Å². The molecule has 0 amide bonds. The van der Waals surface area contributed by atoms with E-state index in [1.54, 1.807) is 0 Å². The van der Waals surface area contributed by atoms with Gasteiger partial charge in [0.25, 0.3) is 10.1 Å². The molecule has 1 heterocycles. The summed E-state index contributed by atoms with van der Waals surface area (Å²) in [5.41, 5.74) is 1.08. The monoisotopic (exact) mass is 412 g/mol. The Morgan fingerprint density at radius 2 is 1.48 bits per heavy atom. The van der Waals surface area contributed by atoms with Gasteiger partial charge in [-0.05, 0) is 37.8 Å². The lowest BCUT2D eigenvalue weighted by Gasteiger charge is -2.49. The van der Waals surface area contributed by atoms with Crippen molar-refractivity contribution in [1.29, 1.82) is 5.26 Å². The Kier molecular flexibility index (Phi) is 6.13. The third kappa shape index (κ3) is 4.87. The molecule has 1 fully saturated rings. The minimum atomic E-state index is -3.43. The maximum Gasteiger partial charge on any atom is 0.264 e. The molecule has 29 heavy (non-hydrogen) atoms. The fraction of sp³-hybridized carbons (Fsp3) is 0.435. The van der Waals surface area contributed by atoms with Crippen LogP contribution >= 0.6 is 0 Å². The maximum absolute atomic E-state index is 11.3. The standard InChI is InChI=1S/C23H28N2O3S/c1-22(2,25-16-21(17-25)28-29(3,26)27)14-15-23(18-24,19-10-6-4-7-11-19)20-12-8-5-9-13-20/h4-13,21H,14-17H2,1-3H3. The minimum absolute atomic E-state index is 0.178. The summed E-state index contributed by atoms with van der Waals surface area (Å²) >= 11 is 0. The van der Waals surface area contributed by atoms with Crippen LogP contribution in [0.15, 0.2) is 60.7 Å². The van der Waals surface area contributed by atoms with Crippen LogP contribution in [0.25, 0.3) is 0 Å². The molecule has 0 radical (unpaired) electrons. The number of nitrogens with zero attached hydrogens (tertiary/aromatic N) is 2. The van der Waals surface area contributed by atoms with Crippen LogP contribution in [0.1, 0.15) is 37.8 Å². The normalized spacial score (nSPS) is 16.2. The average Bonchev–Trinajstić information content (AvgIpc) is 2.66. The van der Waals surface area contributed by atoms with Gasteiger partial charge in [0.2, 0.25) is 0 Å². The van der Waals surface area contributed by atoms with Gasteiger partial charge in [-0.3, -0.25) is 9.08 Å². The Balaban J connectivity index is 1.78. The first-order valence-corrected chi connectivity index (χ1v) is 11.6. The zero-order valence-corrected chi connectivity index (χ0v) is 18.0. The summed E-state index contributed by atoms with van der Waals surface area (Å²) in [5, 5.41) is 10.3. The van der Waals surface area contributed by atoms with E-state index < -0.39 is 15.5 Å². The zero-order valence-electron chi connectivity index (χ0n) is 17.2. The van der Waals surface area contributed by atoms with E-state index in [4.69, 9.17) is 4.18 Å². The first kappa shape index (κ1) is 21.5. The average molecular weight is 413 g/mol. The van der Waals surface area contributed by atoms with E-state index in [-0.39, 0.29) is 11.6 Å². The van der Waals surface area contributed by atoms with Crippen molar-refractivity contribution in [2.75, 3.05) is 19.3 Å².